The van der Waals surface area contributed by atoms with Crippen LogP contribution in [0.5, 0.6) is 0 Å². The summed E-state index contributed by atoms with van der Waals surface area (Å²) in [6.07, 6.45) is 2.75. The molecule has 0 saturated carbocycles. The van der Waals surface area contributed by atoms with Gasteiger partial charge in [0.1, 0.15) is 6.20 Å². The molecule has 0 spiro atoms. The number of benzene rings is 1. The van der Waals surface area contributed by atoms with Crippen molar-refractivity contribution in [3.8, 4) is 11.1 Å². The summed E-state index contributed by atoms with van der Waals surface area (Å²) in [5.41, 5.74) is 8.53. The van der Waals surface area contributed by atoms with E-state index in [-0.39, 0.29) is 5.69 Å². The fourth-order valence-electron chi connectivity index (χ4n) is 1.69. The van der Waals surface area contributed by atoms with Crippen LogP contribution in [0.15, 0.2) is 36.7 Å². The van der Waals surface area contributed by atoms with Crippen LogP contribution >= 0.6 is 0 Å². The van der Waals surface area contributed by atoms with Crippen molar-refractivity contribution < 1.29 is 4.92 Å². The fourth-order valence-corrected chi connectivity index (χ4v) is 1.69. The van der Waals surface area contributed by atoms with E-state index in [1.165, 1.54) is 12.4 Å². The highest BCUT2D eigenvalue weighted by atomic mass is 16.6. The van der Waals surface area contributed by atoms with Gasteiger partial charge in [0.05, 0.1) is 10.5 Å². The lowest BCUT2D eigenvalue weighted by Gasteiger charge is -2.06. The molecule has 0 fully saturated rings. The second kappa shape index (κ2) is 4.21. The maximum absolute atomic E-state index is 10.9. The summed E-state index contributed by atoms with van der Waals surface area (Å²) in [5, 5.41) is 10.9. The summed E-state index contributed by atoms with van der Waals surface area (Å²) in [4.78, 5) is 14.2. The molecule has 0 atom stereocenters. The average Bonchev–Trinajstić information content (AvgIpc) is 2.29. The van der Waals surface area contributed by atoms with Gasteiger partial charge in [0.2, 0.25) is 0 Å². The summed E-state index contributed by atoms with van der Waals surface area (Å²) < 4.78 is 0. The number of hydrogen-bond acceptors (Lipinski definition) is 4. The molecule has 0 aliphatic rings. The molecule has 0 unspecified atom stereocenters. The highest BCUT2D eigenvalue weighted by molar-refractivity contribution is 5.82. The molecule has 0 aliphatic heterocycles. The molecule has 0 radical (unpaired) electrons. The fraction of sp³-hybridized carbons (Fsp3) is 0.0833. The van der Waals surface area contributed by atoms with Gasteiger partial charge in [-0.15, -0.1) is 0 Å². The Balaban J connectivity index is 2.64. The number of aryl methyl sites for hydroxylation is 1. The van der Waals surface area contributed by atoms with E-state index in [0.717, 1.165) is 5.56 Å². The van der Waals surface area contributed by atoms with Crippen LogP contribution in [0, 0.1) is 17.0 Å². The van der Waals surface area contributed by atoms with Crippen molar-refractivity contribution in [2.24, 2.45) is 0 Å². The van der Waals surface area contributed by atoms with Crippen molar-refractivity contribution in [1.29, 1.82) is 0 Å². The zero-order valence-electron chi connectivity index (χ0n) is 9.25. The minimum Gasteiger partial charge on any atom is -0.398 e. The quantitative estimate of drug-likeness (QED) is 0.487. The van der Waals surface area contributed by atoms with E-state index in [2.05, 4.69) is 4.98 Å². The summed E-state index contributed by atoms with van der Waals surface area (Å²) >= 11 is 0. The monoisotopic (exact) mass is 229 g/mol. The number of pyridine rings is 1. The van der Waals surface area contributed by atoms with E-state index >= 15 is 0 Å². The first-order valence-electron chi connectivity index (χ1n) is 5.04. The first-order valence-corrected chi connectivity index (χ1v) is 5.04. The molecule has 86 valence electrons. The van der Waals surface area contributed by atoms with Crippen LogP contribution in [0.4, 0.5) is 11.4 Å². The molecule has 2 N–H and O–H groups in total. The third-order valence-corrected chi connectivity index (χ3v) is 2.49. The molecule has 0 bridgehead atoms. The number of rotatable bonds is 2. The largest absolute Gasteiger partial charge is 0.398 e. The Morgan fingerprint density at radius 2 is 2.06 bits per heavy atom. The Morgan fingerprint density at radius 1 is 1.29 bits per heavy atom. The predicted octanol–water partition coefficient (Wildman–Crippen LogP) is 2.55. The minimum absolute atomic E-state index is 0.0388. The van der Waals surface area contributed by atoms with Gasteiger partial charge >= 0.3 is 0 Å². The maximum Gasteiger partial charge on any atom is 0.295 e. The summed E-state index contributed by atoms with van der Waals surface area (Å²) in [6.45, 7) is 1.92. The van der Waals surface area contributed by atoms with Crippen molar-refractivity contribution in [1.82, 2.24) is 4.98 Å². The van der Waals surface area contributed by atoms with Gasteiger partial charge < -0.3 is 5.73 Å². The smallest absolute Gasteiger partial charge is 0.295 e. The summed E-state index contributed by atoms with van der Waals surface area (Å²) in [7, 11) is 0. The van der Waals surface area contributed by atoms with E-state index in [4.69, 9.17) is 5.73 Å². The number of hydrogen-bond donors (Lipinski definition) is 1. The van der Waals surface area contributed by atoms with Gasteiger partial charge in [0, 0.05) is 17.4 Å². The van der Waals surface area contributed by atoms with Crippen LogP contribution in [0.3, 0.4) is 0 Å². The number of nitro groups is 1. The SMILES string of the molecule is Cc1ccc(-c2ccncc2[N+](=O)[O-])c(N)c1. The zero-order chi connectivity index (χ0) is 12.4. The Hall–Kier alpha value is -2.43. The van der Waals surface area contributed by atoms with Crippen LogP contribution < -0.4 is 5.73 Å². The van der Waals surface area contributed by atoms with Crippen molar-refractivity contribution in [3.63, 3.8) is 0 Å². The molecule has 1 aromatic heterocycles. The number of anilines is 1. The standard InChI is InChI=1S/C12H11N3O2/c1-8-2-3-9(11(13)6-8)10-4-5-14-7-12(10)15(16)17/h2-7H,13H2,1H3. The summed E-state index contributed by atoms with van der Waals surface area (Å²) in [5.74, 6) is 0. The van der Waals surface area contributed by atoms with Crippen molar-refractivity contribution >= 4 is 11.4 Å². The zero-order valence-corrected chi connectivity index (χ0v) is 9.25. The number of nitrogens with two attached hydrogens (primary N) is 1. The van der Waals surface area contributed by atoms with Gasteiger partial charge in [0.25, 0.3) is 5.69 Å². The van der Waals surface area contributed by atoms with E-state index in [1.807, 2.05) is 13.0 Å². The Kier molecular flexibility index (Phi) is 2.74. The van der Waals surface area contributed by atoms with Crippen LogP contribution in [0.2, 0.25) is 0 Å². The molecule has 0 amide bonds. The van der Waals surface area contributed by atoms with Gasteiger partial charge in [-0.25, -0.2) is 0 Å². The second-order valence-corrected chi connectivity index (χ2v) is 3.74. The van der Waals surface area contributed by atoms with Gasteiger partial charge in [-0.1, -0.05) is 12.1 Å². The second-order valence-electron chi connectivity index (χ2n) is 3.74. The number of nitrogens with zero attached hydrogens (tertiary/aromatic N) is 2. The number of nitrogen functional groups attached to an aromatic ring is 1. The maximum atomic E-state index is 10.9. The van der Waals surface area contributed by atoms with E-state index < -0.39 is 4.92 Å². The summed E-state index contributed by atoms with van der Waals surface area (Å²) in [6, 6.07) is 7.04. The lowest BCUT2D eigenvalue weighted by Crippen LogP contribution is -1.96. The molecule has 5 nitrogen and oxygen atoms in total. The van der Waals surface area contributed by atoms with Crippen LogP contribution in [-0.4, -0.2) is 9.91 Å². The van der Waals surface area contributed by atoms with Crippen molar-refractivity contribution in [3.05, 3.63) is 52.3 Å². The minimum atomic E-state index is -0.457. The molecule has 2 rings (SSSR count). The predicted molar refractivity (Wildman–Crippen MR) is 65.5 cm³/mol. The first-order chi connectivity index (χ1) is 8.09. The molecule has 0 aliphatic carbocycles. The van der Waals surface area contributed by atoms with Gasteiger partial charge in [0.15, 0.2) is 0 Å². The lowest BCUT2D eigenvalue weighted by molar-refractivity contribution is -0.384. The molecule has 1 heterocycles. The van der Waals surface area contributed by atoms with E-state index in [0.29, 0.717) is 16.8 Å². The van der Waals surface area contributed by atoms with Crippen molar-refractivity contribution in [2.75, 3.05) is 5.73 Å². The van der Waals surface area contributed by atoms with Gasteiger partial charge in [-0.05, 0) is 24.6 Å². The van der Waals surface area contributed by atoms with Crippen LogP contribution in [0.1, 0.15) is 5.56 Å². The third-order valence-electron chi connectivity index (χ3n) is 2.49. The number of aromatic nitrogens is 1. The van der Waals surface area contributed by atoms with Crippen molar-refractivity contribution in [2.45, 2.75) is 6.92 Å². The Labute approximate surface area is 98.1 Å². The molecule has 0 saturated heterocycles. The lowest BCUT2D eigenvalue weighted by atomic mass is 10.0. The molecular formula is C12H11N3O2. The molecule has 5 heteroatoms. The highest BCUT2D eigenvalue weighted by Gasteiger charge is 2.16. The normalized spacial score (nSPS) is 10.2. The van der Waals surface area contributed by atoms with Gasteiger partial charge in [-0.2, -0.15) is 0 Å². The molecular weight excluding hydrogens is 218 g/mol. The molecule has 2 aromatic rings. The van der Waals surface area contributed by atoms with Crippen LogP contribution in [-0.2, 0) is 0 Å². The van der Waals surface area contributed by atoms with E-state index in [9.17, 15) is 10.1 Å². The molecule has 17 heavy (non-hydrogen) atoms. The third kappa shape index (κ3) is 2.08. The topological polar surface area (TPSA) is 82.0 Å². The van der Waals surface area contributed by atoms with E-state index in [1.54, 1.807) is 18.2 Å². The molecule has 1 aromatic carbocycles. The Bertz CT molecular complexity index is 582. The van der Waals surface area contributed by atoms with Crippen LogP contribution in [0.25, 0.3) is 11.1 Å². The first kappa shape index (κ1) is 11.1. The average molecular weight is 229 g/mol. The van der Waals surface area contributed by atoms with Gasteiger partial charge in [-0.3, -0.25) is 15.1 Å². The Morgan fingerprint density at radius 3 is 2.71 bits per heavy atom. The highest BCUT2D eigenvalue weighted by Crippen LogP contribution is 2.32.